The van der Waals surface area contributed by atoms with Gasteiger partial charge in [0.05, 0.1) is 40.7 Å². The molecule has 154 valence electrons. The maximum atomic E-state index is 12.3. The number of halogens is 2. The number of pyridine rings is 2. The number of nitrogens with zero attached hydrogens (tertiary/aromatic N) is 1. The van der Waals surface area contributed by atoms with Gasteiger partial charge >= 0.3 is 0 Å². The minimum absolute atomic E-state index is 0.153. The first-order valence-electron chi connectivity index (χ1n) is 9.09. The molecule has 0 atom stereocenters. The van der Waals surface area contributed by atoms with Crippen LogP contribution in [0.15, 0.2) is 35.4 Å². The summed E-state index contributed by atoms with van der Waals surface area (Å²) in [7, 11) is 1.54. The van der Waals surface area contributed by atoms with E-state index in [-0.39, 0.29) is 12.2 Å². The molecule has 0 fully saturated rings. The van der Waals surface area contributed by atoms with E-state index < -0.39 is 0 Å². The highest BCUT2D eigenvalue weighted by molar-refractivity contribution is 6.39. The number of anilines is 2. The van der Waals surface area contributed by atoms with Gasteiger partial charge in [0, 0.05) is 30.5 Å². The summed E-state index contributed by atoms with van der Waals surface area (Å²) < 4.78 is 11.3. The van der Waals surface area contributed by atoms with Crippen molar-refractivity contribution in [3.63, 3.8) is 0 Å². The number of aromatic amines is 1. The van der Waals surface area contributed by atoms with Crippen LogP contribution in [0.25, 0.3) is 10.9 Å². The fourth-order valence-corrected chi connectivity index (χ4v) is 3.38. The van der Waals surface area contributed by atoms with Gasteiger partial charge < -0.3 is 24.9 Å². The number of H-pyrrole nitrogens is 1. The Bertz CT molecular complexity index is 1040. The zero-order chi connectivity index (χ0) is 20.8. The number of aromatic nitrogens is 2. The lowest BCUT2D eigenvalue weighted by molar-refractivity contribution is 0.261. The van der Waals surface area contributed by atoms with Crippen molar-refractivity contribution >= 4 is 45.5 Å². The van der Waals surface area contributed by atoms with Crippen LogP contribution in [0.4, 0.5) is 11.4 Å². The molecule has 7 nitrogen and oxygen atoms in total. The van der Waals surface area contributed by atoms with Crippen molar-refractivity contribution < 1.29 is 14.6 Å². The molecule has 0 aliphatic heterocycles. The molecule has 3 aromatic rings. The Balaban J connectivity index is 2.02. The van der Waals surface area contributed by atoms with Crippen molar-refractivity contribution in [3.05, 3.63) is 51.0 Å². The predicted octanol–water partition coefficient (Wildman–Crippen LogP) is 4.52. The lowest BCUT2D eigenvalue weighted by Gasteiger charge is -2.16. The zero-order valence-electron chi connectivity index (χ0n) is 15.8. The molecule has 0 amide bonds. The highest BCUT2D eigenvalue weighted by Crippen LogP contribution is 2.39. The quantitative estimate of drug-likeness (QED) is 0.425. The number of fused-ring (bicyclic) bond motifs is 1. The molecule has 0 spiro atoms. The van der Waals surface area contributed by atoms with Crippen molar-refractivity contribution in [2.75, 3.05) is 25.6 Å². The number of unbranched alkanes of at least 4 members (excludes halogenated alkanes) is 2. The van der Waals surface area contributed by atoms with Crippen molar-refractivity contribution in [2.45, 2.75) is 19.3 Å². The highest BCUT2D eigenvalue weighted by atomic mass is 35.5. The fourth-order valence-electron chi connectivity index (χ4n) is 2.92. The minimum atomic E-state index is -0.320. The molecule has 3 N–H and O–H groups in total. The smallest absolute Gasteiger partial charge is 0.250 e. The number of hydrogen-bond donors (Lipinski definition) is 3. The van der Waals surface area contributed by atoms with Gasteiger partial charge in [0.1, 0.15) is 0 Å². The number of nitrogens with one attached hydrogen (secondary N) is 2. The van der Waals surface area contributed by atoms with Gasteiger partial charge in [-0.15, -0.1) is 0 Å². The first-order chi connectivity index (χ1) is 14.0. The Morgan fingerprint density at radius 1 is 1.17 bits per heavy atom. The number of methoxy groups -OCH3 is 1. The van der Waals surface area contributed by atoms with Gasteiger partial charge in [-0.25, -0.2) is 0 Å². The Morgan fingerprint density at radius 2 is 1.93 bits per heavy atom. The van der Waals surface area contributed by atoms with E-state index in [1.54, 1.807) is 6.07 Å². The van der Waals surface area contributed by atoms with Crippen LogP contribution >= 0.6 is 23.2 Å². The van der Waals surface area contributed by atoms with Crippen molar-refractivity contribution in [2.24, 2.45) is 0 Å². The lowest BCUT2D eigenvalue weighted by Crippen LogP contribution is -2.09. The summed E-state index contributed by atoms with van der Waals surface area (Å²) in [5.74, 6) is 0.953. The second-order valence-electron chi connectivity index (χ2n) is 6.30. The third-order valence-corrected chi connectivity index (χ3v) is 4.89. The number of rotatable bonds is 9. The second kappa shape index (κ2) is 9.82. The largest absolute Gasteiger partial charge is 0.493 e. The molecule has 2 aromatic heterocycles. The molecule has 2 heterocycles. The number of benzene rings is 1. The van der Waals surface area contributed by atoms with Gasteiger partial charge in [-0.3, -0.25) is 9.78 Å². The predicted molar refractivity (Wildman–Crippen MR) is 115 cm³/mol. The topological polar surface area (TPSA) is 96.5 Å². The Hall–Kier alpha value is -2.48. The SMILES string of the molecule is COc1ccc2c(Nc3c(Cl)cncc3Cl)cc(=O)[nH]c2c1OCCCCCO. The molecule has 0 aliphatic rings. The summed E-state index contributed by atoms with van der Waals surface area (Å²) in [6.07, 6.45) is 5.26. The van der Waals surface area contributed by atoms with Crippen LogP contribution in [0.3, 0.4) is 0 Å². The average molecular weight is 438 g/mol. The molecule has 0 unspecified atom stereocenters. The molecule has 0 bridgehead atoms. The van der Waals surface area contributed by atoms with E-state index >= 15 is 0 Å². The van der Waals surface area contributed by atoms with Gasteiger partial charge in [0.25, 0.3) is 5.56 Å². The Labute approximate surface area is 177 Å². The minimum Gasteiger partial charge on any atom is -0.493 e. The van der Waals surface area contributed by atoms with E-state index in [9.17, 15) is 4.79 Å². The maximum absolute atomic E-state index is 12.3. The van der Waals surface area contributed by atoms with Crippen LogP contribution in [-0.2, 0) is 0 Å². The summed E-state index contributed by atoms with van der Waals surface area (Å²) >= 11 is 12.4. The molecule has 9 heteroatoms. The summed E-state index contributed by atoms with van der Waals surface area (Å²) in [5, 5.41) is 13.4. The number of aliphatic hydroxyl groups is 1. The third kappa shape index (κ3) is 4.93. The molecular weight excluding hydrogens is 417 g/mol. The normalized spacial score (nSPS) is 10.9. The monoisotopic (exact) mass is 437 g/mol. The van der Waals surface area contributed by atoms with Crippen LogP contribution < -0.4 is 20.3 Å². The number of hydrogen-bond acceptors (Lipinski definition) is 6. The van der Waals surface area contributed by atoms with E-state index in [0.717, 1.165) is 12.8 Å². The van der Waals surface area contributed by atoms with Gasteiger partial charge in [-0.2, -0.15) is 0 Å². The lowest BCUT2D eigenvalue weighted by atomic mass is 10.1. The third-order valence-electron chi connectivity index (χ3n) is 4.32. The molecule has 0 radical (unpaired) electrons. The standard InChI is InChI=1S/C20H21Cl2N3O4/c1-28-16-6-5-12-15(24-19-13(21)10-23-11-14(19)22)9-17(27)25-18(12)20(16)29-8-4-2-3-7-26/h5-6,9-11,26H,2-4,7-8H2,1H3,(H2,23,24,25,27). The fraction of sp³-hybridized carbons (Fsp3) is 0.300. The molecule has 1 aromatic carbocycles. The number of aliphatic hydroxyl groups excluding tert-OH is 1. The first-order valence-corrected chi connectivity index (χ1v) is 9.84. The first kappa shape index (κ1) is 21.2. The maximum Gasteiger partial charge on any atom is 0.250 e. The molecule has 0 saturated carbocycles. The molecule has 0 aliphatic carbocycles. The van der Waals surface area contributed by atoms with E-state index in [4.69, 9.17) is 37.8 Å². The van der Waals surface area contributed by atoms with Crippen LogP contribution in [0, 0.1) is 0 Å². The molecular formula is C20H21Cl2N3O4. The van der Waals surface area contributed by atoms with Crippen molar-refractivity contribution in [1.29, 1.82) is 0 Å². The number of ether oxygens (including phenoxy) is 2. The van der Waals surface area contributed by atoms with Gasteiger partial charge in [-0.05, 0) is 31.4 Å². The Kier molecular flexibility index (Phi) is 7.19. The van der Waals surface area contributed by atoms with E-state index in [1.807, 2.05) is 6.07 Å². The second-order valence-corrected chi connectivity index (χ2v) is 7.12. The van der Waals surface area contributed by atoms with E-state index in [0.29, 0.717) is 56.8 Å². The van der Waals surface area contributed by atoms with Gasteiger partial charge in [0.15, 0.2) is 11.5 Å². The zero-order valence-corrected chi connectivity index (χ0v) is 17.3. The van der Waals surface area contributed by atoms with Crippen molar-refractivity contribution in [3.8, 4) is 11.5 Å². The van der Waals surface area contributed by atoms with E-state index in [1.165, 1.54) is 25.6 Å². The summed E-state index contributed by atoms with van der Waals surface area (Å²) in [6.45, 7) is 0.581. The van der Waals surface area contributed by atoms with Gasteiger partial charge in [0.2, 0.25) is 0 Å². The molecule has 3 rings (SSSR count). The van der Waals surface area contributed by atoms with Gasteiger partial charge in [-0.1, -0.05) is 23.2 Å². The molecule has 29 heavy (non-hydrogen) atoms. The van der Waals surface area contributed by atoms with Crippen LogP contribution in [-0.4, -0.2) is 35.4 Å². The van der Waals surface area contributed by atoms with Crippen molar-refractivity contribution in [1.82, 2.24) is 9.97 Å². The van der Waals surface area contributed by atoms with E-state index in [2.05, 4.69) is 15.3 Å². The van der Waals surface area contributed by atoms with Crippen LogP contribution in [0.1, 0.15) is 19.3 Å². The summed E-state index contributed by atoms with van der Waals surface area (Å²) in [5.41, 5.74) is 1.16. The highest BCUT2D eigenvalue weighted by Gasteiger charge is 2.16. The summed E-state index contributed by atoms with van der Waals surface area (Å²) in [6, 6.07) is 5.01. The molecule has 0 saturated heterocycles. The average Bonchev–Trinajstić information content (AvgIpc) is 2.70. The summed E-state index contributed by atoms with van der Waals surface area (Å²) in [4.78, 5) is 19.1. The van der Waals surface area contributed by atoms with Crippen LogP contribution in [0.5, 0.6) is 11.5 Å². The Morgan fingerprint density at radius 3 is 2.62 bits per heavy atom. The van der Waals surface area contributed by atoms with Crippen LogP contribution in [0.2, 0.25) is 10.0 Å².